The number of rotatable bonds is 6. The lowest BCUT2D eigenvalue weighted by atomic mass is 10.1. The average Bonchev–Trinajstić information content (AvgIpc) is 3.23. The quantitative estimate of drug-likeness (QED) is 0.680. The number of carbonyl (C=O) groups excluding carboxylic acids is 3. The smallest absolute Gasteiger partial charge is 0.312 e. The first kappa shape index (κ1) is 21.3. The van der Waals surface area contributed by atoms with E-state index >= 15 is 0 Å². The van der Waals surface area contributed by atoms with Gasteiger partial charge >= 0.3 is 5.97 Å². The van der Waals surface area contributed by atoms with E-state index in [0.29, 0.717) is 6.42 Å². The van der Waals surface area contributed by atoms with Crippen molar-refractivity contribution in [2.75, 3.05) is 23.0 Å². The normalized spacial score (nSPS) is 24.3. The van der Waals surface area contributed by atoms with Crippen molar-refractivity contribution in [1.29, 1.82) is 0 Å². The molecule has 3 rings (SSSR count). The van der Waals surface area contributed by atoms with Crippen LogP contribution in [-0.4, -0.2) is 56.4 Å². The summed E-state index contributed by atoms with van der Waals surface area (Å²) in [6, 6.07) is 7.16. The predicted molar refractivity (Wildman–Crippen MR) is 107 cm³/mol. The van der Waals surface area contributed by atoms with Crippen LogP contribution in [0.3, 0.4) is 0 Å². The van der Waals surface area contributed by atoms with Crippen LogP contribution in [0.5, 0.6) is 0 Å². The van der Waals surface area contributed by atoms with Gasteiger partial charge < -0.3 is 15.0 Å². The summed E-state index contributed by atoms with van der Waals surface area (Å²) in [5, 5.41) is 2.61. The zero-order valence-electron chi connectivity index (χ0n) is 16.6. The highest BCUT2D eigenvalue weighted by Gasteiger charge is 2.38. The lowest BCUT2D eigenvalue weighted by Crippen LogP contribution is -2.43. The fourth-order valence-corrected chi connectivity index (χ4v) is 5.25. The van der Waals surface area contributed by atoms with Crippen molar-refractivity contribution in [2.45, 2.75) is 45.3 Å². The Balaban J connectivity index is 1.53. The summed E-state index contributed by atoms with van der Waals surface area (Å²) >= 11 is 0. The number of sulfone groups is 1. The van der Waals surface area contributed by atoms with Crippen LogP contribution in [0.25, 0.3) is 0 Å². The molecule has 3 atom stereocenters. The van der Waals surface area contributed by atoms with Gasteiger partial charge in [-0.15, -0.1) is 0 Å². The Morgan fingerprint density at radius 3 is 2.55 bits per heavy atom. The van der Waals surface area contributed by atoms with E-state index in [1.807, 2.05) is 31.2 Å². The van der Waals surface area contributed by atoms with E-state index in [1.165, 1.54) is 6.92 Å². The third-order valence-corrected chi connectivity index (χ3v) is 7.12. The minimum atomic E-state index is -3.11. The van der Waals surface area contributed by atoms with Crippen LogP contribution in [0.15, 0.2) is 24.3 Å². The molecule has 0 aromatic heterocycles. The number of aryl methyl sites for hydroxylation is 1. The first-order valence-corrected chi connectivity index (χ1v) is 11.6. The van der Waals surface area contributed by atoms with Gasteiger partial charge in [0.25, 0.3) is 5.91 Å². The van der Waals surface area contributed by atoms with Gasteiger partial charge in [0.2, 0.25) is 5.91 Å². The summed E-state index contributed by atoms with van der Waals surface area (Å²) in [5.41, 5.74) is 1.89. The Kier molecular flexibility index (Phi) is 6.26. The molecule has 1 N–H and O–H groups in total. The van der Waals surface area contributed by atoms with Gasteiger partial charge in [0.15, 0.2) is 15.9 Å². The second-order valence-corrected chi connectivity index (χ2v) is 9.84. The third kappa shape index (κ3) is 5.14. The van der Waals surface area contributed by atoms with Crippen LogP contribution in [0.2, 0.25) is 0 Å². The maximum absolute atomic E-state index is 12.4. The van der Waals surface area contributed by atoms with E-state index < -0.39 is 39.8 Å². The standard InChI is InChI=1S/C20H26N2O6S/c1-3-14-4-6-17(7-5-14)22-11-15(10-18(22)23)20(25)28-13(2)19(24)21-16-8-9-29(26,27)12-16/h4-7,13,15-16H,3,8-12H2,1-2H3,(H,21,24)/t13-,15+,16+/m0/s1. The first-order chi connectivity index (χ1) is 13.7. The van der Waals surface area contributed by atoms with Gasteiger partial charge in [-0.1, -0.05) is 19.1 Å². The van der Waals surface area contributed by atoms with Gasteiger partial charge in [-0.2, -0.15) is 0 Å². The fourth-order valence-electron chi connectivity index (χ4n) is 3.58. The Morgan fingerprint density at radius 1 is 1.28 bits per heavy atom. The topological polar surface area (TPSA) is 110 Å². The number of hydrogen-bond acceptors (Lipinski definition) is 6. The molecule has 0 radical (unpaired) electrons. The SMILES string of the molecule is CCc1ccc(N2C[C@H](C(=O)O[C@@H](C)C(=O)N[C@@H]3CCS(=O)(=O)C3)CC2=O)cc1. The van der Waals surface area contributed by atoms with Crippen molar-refractivity contribution in [3.8, 4) is 0 Å². The minimum absolute atomic E-state index is 0.0313. The van der Waals surface area contributed by atoms with Crippen molar-refractivity contribution >= 4 is 33.3 Å². The van der Waals surface area contributed by atoms with Gasteiger partial charge in [0.1, 0.15) is 0 Å². The highest BCUT2D eigenvalue weighted by Crippen LogP contribution is 2.26. The molecule has 2 amide bonds. The summed E-state index contributed by atoms with van der Waals surface area (Å²) in [5.74, 6) is -1.99. The highest BCUT2D eigenvalue weighted by molar-refractivity contribution is 7.91. The number of nitrogens with zero attached hydrogens (tertiary/aromatic N) is 1. The van der Waals surface area contributed by atoms with Crippen LogP contribution < -0.4 is 10.2 Å². The summed E-state index contributed by atoms with van der Waals surface area (Å²) in [4.78, 5) is 38.5. The second-order valence-electron chi connectivity index (χ2n) is 7.61. The lowest BCUT2D eigenvalue weighted by Gasteiger charge is -2.19. The number of amides is 2. The number of esters is 1. The summed E-state index contributed by atoms with van der Waals surface area (Å²) in [7, 11) is -3.11. The van der Waals surface area contributed by atoms with Gasteiger partial charge in [0.05, 0.1) is 17.4 Å². The number of carbonyl (C=O) groups is 3. The molecule has 9 heteroatoms. The number of ether oxygens (including phenoxy) is 1. The molecular formula is C20H26N2O6S. The van der Waals surface area contributed by atoms with Crippen molar-refractivity contribution in [2.24, 2.45) is 5.92 Å². The molecule has 1 aromatic carbocycles. The van der Waals surface area contributed by atoms with Gasteiger partial charge in [-0.25, -0.2) is 8.42 Å². The van der Waals surface area contributed by atoms with E-state index in [9.17, 15) is 22.8 Å². The lowest BCUT2D eigenvalue weighted by molar-refractivity contribution is -0.158. The molecule has 0 aliphatic carbocycles. The second kappa shape index (κ2) is 8.52. The molecule has 2 aliphatic heterocycles. The molecule has 2 saturated heterocycles. The van der Waals surface area contributed by atoms with Crippen LogP contribution >= 0.6 is 0 Å². The molecule has 0 unspecified atom stereocenters. The molecule has 2 fully saturated rings. The zero-order valence-corrected chi connectivity index (χ0v) is 17.4. The molecule has 0 saturated carbocycles. The first-order valence-electron chi connectivity index (χ1n) is 9.79. The Hall–Kier alpha value is -2.42. The average molecular weight is 423 g/mol. The molecule has 0 bridgehead atoms. The van der Waals surface area contributed by atoms with E-state index in [2.05, 4.69) is 5.32 Å². The Labute approximate surface area is 170 Å². The minimum Gasteiger partial charge on any atom is -0.452 e. The molecule has 2 heterocycles. The molecule has 158 valence electrons. The van der Waals surface area contributed by atoms with Crippen molar-refractivity contribution in [3.63, 3.8) is 0 Å². The number of hydrogen-bond donors (Lipinski definition) is 1. The zero-order chi connectivity index (χ0) is 21.2. The monoisotopic (exact) mass is 422 g/mol. The van der Waals surface area contributed by atoms with Gasteiger partial charge in [-0.3, -0.25) is 14.4 Å². The number of nitrogens with one attached hydrogen (secondary N) is 1. The van der Waals surface area contributed by atoms with E-state index in [1.54, 1.807) is 4.90 Å². The Morgan fingerprint density at radius 2 is 1.97 bits per heavy atom. The molecule has 0 spiro atoms. The van der Waals surface area contributed by atoms with Crippen LogP contribution in [0.1, 0.15) is 32.3 Å². The van der Waals surface area contributed by atoms with Crippen LogP contribution in [0.4, 0.5) is 5.69 Å². The maximum atomic E-state index is 12.4. The van der Waals surface area contributed by atoms with E-state index in [4.69, 9.17) is 4.74 Å². The highest BCUT2D eigenvalue weighted by atomic mass is 32.2. The maximum Gasteiger partial charge on any atom is 0.312 e. The van der Waals surface area contributed by atoms with Crippen LogP contribution in [0, 0.1) is 5.92 Å². The summed E-state index contributed by atoms with van der Waals surface area (Å²) in [6.45, 7) is 3.69. The molecule has 29 heavy (non-hydrogen) atoms. The van der Waals surface area contributed by atoms with E-state index in [0.717, 1.165) is 17.7 Å². The Bertz CT molecular complexity index is 896. The van der Waals surface area contributed by atoms with Gasteiger partial charge in [-0.05, 0) is 37.5 Å². The molecular weight excluding hydrogens is 396 g/mol. The predicted octanol–water partition coefficient (Wildman–Crippen LogP) is 0.837. The van der Waals surface area contributed by atoms with Crippen molar-refractivity contribution in [1.82, 2.24) is 5.32 Å². The summed E-state index contributed by atoms with van der Waals surface area (Å²) in [6.07, 6.45) is 0.232. The van der Waals surface area contributed by atoms with Gasteiger partial charge in [0, 0.05) is 24.7 Å². The largest absolute Gasteiger partial charge is 0.452 e. The van der Waals surface area contributed by atoms with E-state index in [-0.39, 0.29) is 30.4 Å². The molecule has 8 nitrogen and oxygen atoms in total. The summed E-state index contributed by atoms with van der Waals surface area (Å²) < 4.78 is 28.2. The van der Waals surface area contributed by atoms with Crippen molar-refractivity contribution < 1.29 is 27.5 Å². The number of benzene rings is 1. The number of anilines is 1. The van der Waals surface area contributed by atoms with Crippen molar-refractivity contribution in [3.05, 3.63) is 29.8 Å². The molecule has 1 aromatic rings. The fraction of sp³-hybridized carbons (Fsp3) is 0.550. The third-order valence-electron chi connectivity index (χ3n) is 5.36. The van der Waals surface area contributed by atoms with Crippen LogP contribution in [-0.2, 0) is 35.4 Å². The molecule has 2 aliphatic rings.